The number of nitrogens with two attached hydrogens (primary N) is 1. The van der Waals surface area contributed by atoms with E-state index < -0.39 is 28.3 Å². The molecule has 6 heteroatoms. The fourth-order valence-electron chi connectivity index (χ4n) is 0.774. The van der Waals surface area contributed by atoms with Gasteiger partial charge in [-0.3, -0.25) is 0 Å². The van der Waals surface area contributed by atoms with Crippen molar-refractivity contribution < 1.29 is 17.6 Å². The van der Waals surface area contributed by atoms with Crippen LogP contribution in [0, 0.1) is 5.82 Å². The summed E-state index contributed by atoms with van der Waals surface area (Å²) in [6.07, 6.45) is -4.61. The average molecular weight is 214 g/mol. The minimum Gasteiger partial charge on any atom is -0.397 e. The van der Waals surface area contributed by atoms with Crippen LogP contribution in [0.4, 0.5) is 23.2 Å². The highest BCUT2D eigenvalue weighted by Crippen LogP contribution is 2.34. The number of alkyl halides is 3. The summed E-state index contributed by atoms with van der Waals surface area (Å²) in [6, 6.07) is 0.893. The van der Waals surface area contributed by atoms with Crippen LogP contribution in [0.3, 0.4) is 0 Å². The maximum absolute atomic E-state index is 12.7. The van der Waals surface area contributed by atoms with Crippen LogP contribution < -0.4 is 5.73 Å². The molecule has 0 bridgehead atoms. The number of halogens is 5. The molecule has 0 unspecified atom stereocenters. The predicted octanol–water partition coefficient (Wildman–Crippen LogP) is 3.08. The van der Waals surface area contributed by atoms with Crippen molar-refractivity contribution in [2.24, 2.45) is 0 Å². The summed E-state index contributed by atoms with van der Waals surface area (Å²) >= 11 is 5.23. The number of anilines is 1. The molecule has 1 rings (SSSR count). The lowest BCUT2D eigenvalue weighted by Crippen LogP contribution is -2.06. The van der Waals surface area contributed by atoms with Gasteiger partial charge in [-0.1, -0.05) is 11.6 Å². The fraction of sp³-hybridized carbons (Fsp3) is 0.143. The molecule has 0 saturated heterocycles. The first-order valence-electron chi connectivity index (χ1n) is 3.14. The van der Waals surface area contributed by atoms with E-state index in [1.54, 1.807) is 0 Å². The average Bonchev–Trinajstić information content (AvgIpc) is 1.97. The first kappa shape index (κ1) is 10.1. The SMILES string of the molecule is Nc1cc(C(F)(F)F)cc(F)c1Cl. The van der Waals surface area contributed by atoms with Crippen molar-refractivity contribution in [3.8, 4) is 0 Å². The van der Waals surface area contributed by atoms with Gasteiger partial charge < -0.3 is 5.73 Å². The van der Waals surface area contributed by atoms with Crippen LogP contribution in [0.5, 0.6) is 0 Å². The highest BCUT2D eigenvalue weighted by Gasteiger charge is 2.31. The molecule has 0 radical (unpaired) electrons. The summed E-state index contributed by atoms with van der Waals surface area (Å²) in [5, 5.41) is -0.493. The molecule has 1 aromatic rings. The van der Waals surface area contributed by atoms with Crippen LogP contribution in [0.15, 0.2) is 12.1 Å². The first-order valence-corrected chi connectivity index (χ1v) is 3.52. The van der Waals surface area contributed by atoms with E-state index in [1.165, 1.54) is 0 Å². The van der Waals surface area contributed by atoms with Gasteiger partial charge in [0.25, 0.3) is 0 Å². The molecule has 2 N–H and O–H groups in total. The van der Waals surface area contributed by atoms with Crippen molar-refractivity contribution in [1.29, 1.82) is 0 Å². The molecule has 0 aliphatic rings. The molecule has 0 aliphatic heterocycles. The van der Waals surface area contributed by atoms with Gasteiger partial charge in [-0.15, -0.1) is 0 Å². The largest absolute Gasteiger partial charge is 0.416 e. The van der Waals surface area contributed by atoms with Crippen LogP contribution in [-0.4, -0.2) is 0 Å². The van der Waals surface area contributed by atoms with Crippen molar-refractivity contribution >= 4 is 17.3 Å². The molecule has 0 spiro atoms. The summed E-state index contributed by atoms with van der Waals surface area (Å²) in [6.45, 7) is 0. The third-order valence-electron chi connectivity index (χ3n) is 1.38. The molecule has 0 aliphatic carbocycles. The lowest BCUT2D eigenvalue weighted by Gasteiger charge is -2.08. The zero-order valence-electron chi connectivity index (χ0n) is 6.12. The molecule has 0 aromatic heterocycles. The van der Waals surface area contributed by atoms with Crippen LogP contribution in [0.1, 0.15) is 5.56 Å². The normalized spacial score (nSPS) is 11.8. The van der Waals surface area contributed by atoms with Crippen molar-refractivity contribution in [2.75, 3.05) is 5.73 Å². The summed E-state index contributed by atoms with van der Waals surface area (Å²) in [7, 11) is 0. The van der Waals surface area contributed by atoms with Gasteiger partial charge in [0.2, 0.25) is 0 Å². The van der Waals surface area contributed by atoms with E-state index in [1.807, 2.05) is 0 Å². The van der Waals surface area contributed by atoms with Gasteiger partial charge in [0.15, 0.2) is 0 Å². The van der Waals surface area contributed by atoms with Gasteiger partial charge in [0.1, 0.15) is 5.82 Å². The molecule has 0 heterocycles. The van der Waals surface area contributed by atoms with Crippen molar-refractivity contribution in [2.45, 2.75) is 6.18 Å². The zero-order valence-corrected chi connectivity index (χ0v) is 6.88. The predicted molar refractivity (Wildman–Crippen MR) is 40.8 cm³/mol. The summed E-state index contributed by atoms with van der Waals surface area (Å²) in [5.41, 5.74) is 3.48. The van der Waals surface area contributed by atoms with Crippen molar-refractivity contribution in [3.05, 3.63) is 28.5 Å². The van der Waals surface area contributed by atoms with Crippen LogP contribution in [0.2, 0.25) is 5.02 Å². The summed E-state index contributed by atoms with van der Waals surface area (Å²) in [5.74, 6) is -1.17. The van der Waals surface area contributed by atoms with E-state index in [0.29, 0.717) is 12.1 Å². The fourth-order valence-corrected chi connectivity index (χ4v) is 0.883. The van der Waals surface area contributed by atoms with Gasteiger partial charge in [-0.2, -0.15) is 13.2 Å². The highest BCUT2D eigenvalue weighted by molar-refractivity contribution is 6.33. The number of rotatable bonds is 0. The van der Waals surface area contributed by atoms with E-state index in [2.05, 4.69) is 0 Å². The summed E-state index contributed by atoms with van der Waals surface area (Å²) in [4.78, 5) is 0. The Balaban J connectivity index is 3.29. The van der Waals surface area contributed by atoms with Crippen molar-refractivity contribution in [3.63, 3.8) is 0 Å². The second kappa shape index (κ2) is 3.06. The molecule has 0 atom stereocenters. The number of hydrogen-bond donors (Lipinski definition) is 1. The highest BCUT2D eigenvalue weighted by atomic mass is 35.5. The van der Waals surface area contributed by atoms with Gasteiger partial charge >= 0.3 is 6.18 Å². The van der Waals surface area contributed by atoms with Gasteiger partial charge in [0, 0.05) is 0 Å². The number of nitrogen functional groups attached to an aromatic ring is 1. The van der Waals surface area contributed by atoms with Crippen LogP contribution in [0.25, 0.3) is 0 Å². The molecule has 72 valence electrons. The summed E-state index contributed by atoms with van der Waals surface area (Å²) < 4.78 is 48.7. The maximum atomic E-state index is 12.7. The Morgan fingerprint density at radius 3 is 2.15 bits per heavy atom. The van der Waals surface area contributed by atoms with E-state index in [4.69, 9.17) is 17.3 Å². The Morgan fingerprint density at radius 2 is 1.77 bits per heavy atom. The van der Waals surface area contributed by atoms with Gasteiger partial charge in [-0.05, 0) is 12.1 Å². The quantitative estimate of drug-likeness (QED) is 0.520. The Bertz CT molecular complexity index is 311. The standard InChI is InChI=1S/C7H4ClF4N/c8-6-4(9)1-3(2-5(6)13)7(10,11)12/h1-2H,13H2. The molecule has 13 heavy (non-hydrogen) atoms. The molecular weight excluding hydrogens is 210 g/mol. The Morgan fingerprint density at radius 1 is 1.23 bits per heavy atom. The molecule has 1 aromatic carbocycles. The van der Waals surface area contributed by atoms with E-state index in [0.717, 1.165) is 0 Å². The first-order chi connectivity index (χ1) is 5.82. The van der Waals surface area contributed by atoms with E-state index >= 15 is 0 Å². The zero-order chi connectivity index (χ0) is 10.2. The monoisotopic (exact) mass is 213 g/mol. The minimum absolute atomic E-state index is 0.304. The smallest absolute Gasteiger partial charge is 0.397 e. The van der Waals surface area contributed by atoms with Crippen LogP contribution in [-0.2, 0) is 6.18 Å². The van der Waals surface area contributed by atoms with E-state index in [9.17, 15) is 17.6 Å². The van der Waals surface area contributed by atoms with Crippen molar-refractivity contribution in [1.82, 2.24) is 0 Å². The third-order valence-corrected chi connectivity index (χ3v) is 1.78. The van der Waals surface area contributed by atoms with Gasteiger partial charge in [-0.25, -0.2) is 4.39 Å². The molecule has 0 fully saturated rings. The van der Waals surface area contributed by atoms with Crippen LogP contribution >= 0.6 is 11.6 Å². The Hall–Kier alpha value is -0.970. The second-order valence-corrected chi connectivity index (χ2v) is 2.74. The van der Waals surface area contributed by atoms with E-state index in [-0.39, 0.29) is 0 Å². The number of benzene rings is 1. The minimum atomic E-state index is -4.61. The molecular formula is C7H4ClF4N. The van der Waals surface area contributed by atoms with Gasteiger partial charge in [0.05, 0.1) is 16.3 Å². The Labute approximate surface area is 76.1 Å². The number of hydrogen-bond acceptors (Lipinski definition) is 1. The second-order valence-electron chi connectivity index (χ2n) is 2.36. The molecule has 0 saturated carbocycles. The Kier molecular flexibility index (Phi) is 2.38. The maximum Gasteiger partial charge on any atom is 0.416 e. The lowest BCUT2D eigenvalue weighted by molar-refractivity contribution is -0.137. The lowest BCUT2D eigenvalue weighted by atomic mass is 10.2. The topological polar surface area (TPSA) is 26.0 Å². The third kappa shape index (κ3) is 2.03. The molecule has 1 nitrogen and oxygen atoms in total. The molecule has 0 amide bonds.